The quantitative estimate of drug-likeness (QED) is 0.454. The Morgan fingerprint density at radius 1 is 1.30 bits per heavy atom. The zero-order valence-electron chi connectivity index (χ0n) is 13.2. The number of thioether (sulfide) groups is 1. The lowest BCUT2D eigenvalue weighted by atomic mass is 10.1. The van der Waals surface area contributed by atoms with E-state index < -0.39 is 17.1 Å². The molecule has 2 amide bonds. The van der Waals surface area contributed by atoms with Crippen LogP contribution >= 0.6 is 11.8 Å². The fraction of sp³-hybridized carbons (Fsp3) is 0.353. The summed E-state index contributed by atoms with van der Waals surface area (Å²) < 4.78 is 5.00. The maximum atomic E-state index is 12.3. The molecular weight excluding hydrogens is 314 g/mol. The first-order valence-electron chi connectivity index (χ1n) is 7.49. The highest BCUT2D eigenvalue weighted by Gasteiger charge is 2.36. The molecule has 1 aliphatic heterocycles. The highest BCUT2D eigenvalue weighted by Crippen LogP contribution is 2.32. The minimum Gasteiger partial charge on any atom is -0.464 e. The number of hydrogen-bond acceptors (Lipinski definition) is 5. The van der Waals surface area contributed by atoms with Crippen LogP contribution in [0.2, 0.25) is 0 Å². The average Bonchev–Trinajstić information content (AvgIpc) is 2.77. The SMILES string of the molecule is CCCCOC(=O)CN1C(=O)S/C(=C/c2ccccc2C)C1=O. The van der Waals surface area contributed by atoms with Gasteiger partial charge in [0.15, 0.2) is 0 Å². The van der Waals surface area contributed by atoms with Crippen molar-refractivity contribution in [3.05, 3.63) is 40.3 Å². The van der Waals surface area contributed by atoms with E-state index in [2.05, 4.69) is 0 Å². The number of benzene rings is 1. The summed E-state index contributed by atoms with van der Waals surface area (Å²) in [6, 6.07) is 7.59. The van der Waals surface area contributed by atoms with E-state index in [4.69, 9.17) is 4.74 Å². The third-order valence-corrected chi connectivity index (χ3v) is 4.30. The summed E-state index contributed by atoms with van der Waals surface area (Å²) in [4.78, 5) is 37.2. The van der Waals surface area contributed by atoms with Gasteiger partial charge in [-0.3, -0.25) is 19.3 Å². The van der Waals surface area contributed by atoms with E-state index in [-0.39, 0.29) is 6.54 Å². The lowest BCUT2D eigenvalue weighted by Crippen LogP contribution is -2.34. The van der Waals surface area contributed by atoms with Crippen LogP contribution in [0.25, 0.3) is 6.08 Å². The number of ether oxygens (including phenoxy) is 1. The summed E-state index contributed by atoms with van der Waals surface area (Å²) in [5.74, 6) is -1.01. The van der Waals surface area contributed by atoms with Crippen molar-refractivity contribution in [3.63, 3.8) is 0 Å². The maximum absolute atomic E-state index is 12.3. The van der Waals surface area contributed by atoms with E-state index in [0.29, 0.717) is 11.5 Å². The molecule has 0 aromatic heterocycles. The van der Waals surface area contributed by atoms with Crippen LogP contribution in [0.4, 0.5) is 4.79 Å². The maximum Gasteiger partial charge on any atom is 0.326 e. The zero-order chi connectivity index (χ0) is 16.8. The second-order valence-corrected chi connectivity index (χ2v) is 6.19. The van der Waals surface area contributed by atoms with Crippen molar-refractivity contribution in [3.8, 4) is 0 Å². The molecular formula is C17H19NO4S. The number of nitrogens with zero attached hydrogens (tertiary/aromatic N) is 1. The van der Waals surface area contributed by atoms with Crippen LogP contribution in [-0.4, -0.2) is 35.2 Å². The Morgan fingerprint density at radius 2 is 2.04 bits per heavy atom. The molecule has 0 unspecified atom stereocenters. The van der Waals surface area contributed by atoms with Gasteiger partial charge in [-0.25, -0.2) is 0 Å². The molecule has 0 radical (unpaired) electrons. The molecule has 0 aliphatic carbocycles. The Kier molecular flexibility index (Phi) is 5.98. The highest BCUT2D eigenvalue weighted by atomic mass is 32.2. The number of amides is 2. The van der Waals surface area contributed by atoms with Crippen molar-refractivity contribution in [1.29, 1.82) is 0 Å². The first-order valence-corrected chi connectivity index (χ1v) is 8.31. The van der Waals surface area contributed by atoms with Gasteiger partial charge in [-0.1, -0.05) is 37.6 Å². The monoisotopic (exact) mass is 333 g/mol. The lowest BCUT2D eigenvalue weighted by Gasteiger charge is -2.11. The molecule has 5 nitrogen and oxygen atoms in total. The molecule has 0 atom stereocenters. The summed E-state index contributed by atoms with van der Waals surface area (Å²) in [5.41, 5.74) is 1.89. The predicted molar refractivity (Wildman–Crippen MR) is 89.7 cm³/mol. The minimum absolute atomic E-state index is 0.310. The zero-order valence-corrected chi connectivity index (χ0v) is 14.0. The van der Waals surface area contributed by atoms with Crippen molar-refractivity contribution < 1.29 is 19.1 Å². The largest absolute Gasteiger partial charge is 0.464 e. The van der Waals surface area contributed by atoms with Crippen molar-refractivity contribution in [1.82, 2.24) is 4.90 Å². The van der Waals surface area contributed by atoms with Gasteiger partial charge in [-0.05, 0) is 42.3 Å². The van der Waals surface area contributed by atoms with Gasteiger partial charge in [-0.2, -0.15) is 0 Å². The molecule has 1 aromatic carbocycles. The molecule has 2 rings (SSSR count). The van der Waals surface area contributed by atoms with Crippen LogP contribution in [0.3, 0.4) is 0 Å². The highest BCUT2D eigenvalue weighted by molar-refractivity contribution is 8.18. The van der Waals surface area contributed by atoms with Gasteiger partial charge in [0.2, 0.25) is 0 Å². The standard InChI is InChI=1S/C17H19NO4S/c1-3-4-9-22-15(19)11-18-16(20)14(23-17(18)21)10-13-8-6-5-7-12(13)2/h5-8,10H,3-4,9,11H2,1-2H3/b14-10+. The van der Waals surface area contributed by atoms with E-state index in [0.717, 1.165) is 40.6 Å². The van der Waals surface area contributed by atoms with Gasteiger partial charge in [0, 0.05) is 0 Å². The Bertz CT molecular complexity index is 654. The molecule has 0 bridgehead atoms. The number of rotatable bonds is 6. The van der Waals surface area contributed by atoms with Crippen molar-refractivity contribution in [2.24, 2.45) is 0 Å². The molecule has 1 aliphatic rings. The first kappa shape index (κ1) is 17.3. The Hall–Kier alpha value is -2.08. The normalized spacial score (nSPS) is 16.3. The van der Waals surface area contributed by atoms with Crippen LogP contribution in [0.15, 0.2) is 29.2 Å². The molecule has 1 heterocycles. The Morgan fingerprint density at radius 3 is 2.74 bits per heavy atom. The predicted octanol–water partition coefficient (Wildman–Crippen LogP) is 3.37. The number of imide groups is 1. The number of aryl methyl sites for hydroxylation is 1. The number of esters is 1. The number of unbranched alkanes of at least 4 members (excludes halogenated alkanes) is 1. The van der Waals surface area contributed by atoms with Gasteiger partial charge >= 0.3 is 5.97 Å². The Labute approximate surface area is 139 Å². The second kappa shape index (κ2) is 7.97. The summed E-state index contributed by atoms with van der Waals surface area (Å²) >= 11 is 0.846. The van der Waals surface area contributed by atoms with E-state index in [9.17, 15) is 14.4 Å². The van der Waals surface area contributed by atoms with E-state index >= 15 is 0 Å². The molecule has 0 N–H and O–H groups in total. The topological polar surface area (TPSA) is 63.7 Å². The minimum atomic E-state index is -0.558. The summed E-state index contributed by atoms with van der Waals surface area (Å²) in [7, 11) is 0. The third-order valence-electron chi connectivity index (χ3n) is 3.40. The molecule has 0 saturated carbocycles. The van der Waals surface area contributed by atoms with Crippen LogP contribution in [-0.2, 0) is 14.3 Å². The van der Waals surface area contributed by atoms with Crippen molar-refractivity contribution >= 4 is 35.0 Å². The Balaban J connectivity index is 2.05. The fourth-order valence-corrected chi connectivity index (χ4v) is 2.86. The van der Waals surface area contributed by atoms with E-state index in [1.165, 1.54) is 0 Å². The molecule has 122 valence electrons. The first-order chi connectivity index (χ1) is 11.0. The average molecular weight is 333 g/mol. The van der Waals surface area contributed by atoms with Gasteiger partial charge in [0.05, 0.1) is 11.5 Å². The molecule has 1 saturated heterocycles. The number of carbonyl (C=O) groups is 3. The lowest BCUT2D eigenvalue weighted by molar-refractivity contribution is -0.146. The van der Waals surface area contributed by atoms with Crippen LogP contribution in [0.5, 0.6) is 0 Å². The van der Waals surface area contributed by atoms with Gasteiger partial charge < -0.3 is 4.74 Å². The van der Waals surface area contributed by atoms with Crippen LogP contribution in [0, 0.1) is 6.92 Å². The molecule has 1 aromatic rings. The molecule has 0 spiro atoms. The summed E-state index contributed by atoms with van der Waals surface area (Å²) in [5, 5.41) is -0.442. The molecule has 23 heavy (non-hydrogen) atoms. The van der Waals surface area contributed by atoms with E-state index in [1.54, 1.807) is 6.08 Å². The van der Waals surface area contributed by atoms with Crippen molar-refractivity contribution in [2.45, 2.75) is 26.7 Å². The van der Waals surface area contributed by atoms with Gasteiger partial charge in [-0.15, -0.1) is 0 Å². The molecule has 1 fully saturated rings. The smallest absolute Gasteiger partial charge is 0.326 e. The summed E-state index contributed by atoms with van der Waals surface area (Å²) in [6.45, 7) is 3.89. The second-order valence-electron chi connectivity index (χ2n) is 5.20. The van der Waals surface area contributed by atoms with Gasteiger partial charge in [0.25, 0.3) is 11.1 Å². The van der Waals surface area contributed by atoms with Gasteiger partial charge in [0.1, 0.15) is 6.54 Å². The fourth-order valence-electron chi connectivity index (χ4n) is 2.03. The number of carbonyl (C=O) groups excluding carboxylic acids is 3. The summed E-state index contributed by atoms with van der Waals surface area (Å²) in [6.07, 6.45) is 3.36. The molecule has 6 heteroatoms. The number of hydrogen-bond donors (Lipinski definition) is 0. The third kappa shape index (κ3) is 4.45. The van der Waals surface area contributed by atoms with Crippen LogP contribution < -0.4 is 0 Å². The van der Waals surface area contributed by atoms with Crippen LogP contribution in [0.1, 0.15) is 30.9 Å². The van der Waals surface area contributed by atoms with Crippen molar-refractivity contribution in [2.75, 3.05) is 13.2 Å². The van der Waals surface area contributed by atoms with E-state index in [1.807, 2.05) is 38.1 Å².